The third-order valence-electron chi connectivity index (χ3n) is 5.88. The zero-order valence-electron chi connectivity index (χ0n) is 16.1. The van der Waals surface area contributed by atoms with Crippen LogP contribution in [0.3, 0.4) is 0 Å². The number of carbonyl (C=O) groups is 1. The highest BCUT2D eigenvalue weighted by Gasteiger charge is 2.35. The number of nitrogens with two attached hydrogens (primary N) is 1. The van der Waals surface area contributed by atoms with Crippen LogP contribution in [-0.2, 0) is 9.53 Å². The third kappa shape index (κ3) is 5.17. The first-order chi connectivity index (χ1) is 11.3. The molecule has 2 rings (SSSR count). The van der Waals surface area contributed by atoms with E-state index in [0.29, 0.717) is 19.5 Å². The lowest BCUT2D eigenvalue weighted by molar-refractivity contribution is -0.125. The molecule has 0 bridgehead atoms. The standard InChI is InChI=1S/C19H37N3O2/c1-15-11-22(12-16(2)24-15)18(3,4)14-21-17(23)10-19(13-20)8-6-5-7-9-19/h15-16H,5-14,20H2,1-4H3,(H,21,23). The summed E-state index contributed by atoms with van der Waals surface area (Å²) in [5.74, 6) is 0.157. The SMILES string of the molecule is CC1CN(C(C)(C)CNC(=O)CC2(CN)CCCCC2)CC(C)O1. The number of hydrogen-bond acceptors (Lipinski definition) is 4. The second kappa shape index (κ2) is 8.15. The Kier molecular flexibility index (Phi) is 6.68. The van der Waals surface area contributed by atoms with Crippen molar-refractivity contribution < 1.29 is 9.53 Å². The smallest absolute Gasteiger partial charge is 0.220 e. The van der Waals surface area contributed by atoms with E-state index in [2.05, 4.69) is 37.9 Å². The van der Waals surface area contributed by atoms with Crippen LogP contribution in [0.25, 0.3) is 0 Å². The van der Waals surface area contributed by atoms with E-state index in [-0.39, 0.29) is 29.1 Å². The van der Waals surface area contributed by atoms with Gasteiger partial charge < -0.3 is 15.8 Å². The number of ether oxygens (including phenoxy) is 1. The normalized spacial score (nSPS) is 28.5. The van der Waals surface area contributed by atoms with Gasteiger partial charge in [0, 0.05) is 31.6 Å². The number of rotatable bonds is 6. The molecular weight excluding hydrogens is 302 g/mol. The largest absolute Gasteiger partial charge is 0.373 e. The molecule has 0 aromatic rings. The number of nitrogens with zero attached hydrogens (tertiary/aromatic N) is 1. The lowest BCUT2D eigenvalue weighted by Crippen LogP contribution is -2.58. The molecule has 2 fully saturated rings. The molecule has 2 unspecified atom stereocenters. The minimum Gasteiger partial charge on any atom is -0.373 e. The van der Waals surface area contributed by atoms with Crippen molar-refractivity contribution in [1.29, 1.82) is 0 Å². The van der Waals surface area contributed by atoms with Crippen molar-refractivity contribution in [1.82, 2.24) is 10.2 Å². The summed E-state index contributed by atoms with van der Waals surface area (Å²) in [6.45, 7) is 11.8. The van der Waals surface area contributed by atoms with Crippen molar-refractivity contribution in [2.75, 3.05) is 26.2 Å². The monoisotopic (exact) mass is 339 g/mol. The second-order valence-corrected chi connectivity index (χ2v) is 8.69. The minimum absolute atomic E-state index is 0.0362. The second-order valence-electron chi connectivity index (χ2n) is 8.69. The molecule has 3 N–H and O–H groups in total. The molecule has 1 aliphatic heterocycles. The van der Waals surface area contributed by atoms with E-state index in [9.17, 15) is 4.79 Å². The van der Waals surface area contributed by atoms with Crippen LogP contribution in [-0.4, -0.2) is 54.7 Å². The van der Waals surface area contributed by atoms with E-state index in [1.54, 1.807) is 0 Å². The van der Waals surface area contributed by atoms with Crippen molar-refractivity contribution in [3.63, 3.8) is 0 Å². The van der Waals surface area contributed by atoms with E-state index < -0.39 is 0 Å². The van der Waals surface area contributed by atoms with Crippen LogP contribution in [0.5, 0.6) is 0 Å². The van der Waals surface area contributed by atoms with Crippen molar-refractivity contribution in [2.24, 2.45) is 11.1 Å². The fourth-order valence-electron chi connectivity index (χ4n) is 4.26. The fourth-order valence-corrected chi connectivity index (χ4v) is 4.26. The molecular formula is C19H37N3O2. The van der Waals surface area contributed by atoms with Crippen molar-refractivity contribution >= 4 is 5.91 Å². The topological polar surface area (TPSA) is 67.6 Å². The predicted molar refractivity (Wildman–Crippen MR) is 97.9 cm³/mol. The van der Waals surface area contributed by atoms with Gasteiger partial charge in [-0.3, -0.25) is 9.69 Å². The molecule has 5 heteroatoms. The van der Waals surface area contributed by atoms with Gasteiger partial charge in [0.05, 0.1) is 12.2 Å². The first-order valence-electron chi connectivity index (χ1n) is 9.64. The van der Waals surface area contributed by atoms with Gasteiger partial charge in [-0.15, -0.1) is 0 Å². The van der Waals surface area contributed by atoms with Crippen LogP contribution in [0.2, 0.25) is 0 Å². The Morgan fingerprint density at radius 2 is 1.79 bits per heavy atom. The van der Waals surface area contributed by atoms with Crippen LogP contribution < -0.4 is 11.1 Å². The first kappa shape index (κ1) is 19.7. The van der Waals surface area contributed by atoms with Gasteiger partial charge in [0.2, 0.25) is 5.91 Å². The molecule has 0 spiro atoms. The van der Waals surface area contributed by atoms with Crippen LogP contribution in [0, 0.1) is 5.41 Å². The highest BCUT2D eigenvalue weighted by molar-refractivity contribution is 5.76. The number of carbonyl (C=O) groups excluding carboxylic acids is 1. The average molecular weight is 340 g/mol. The van der Waals surface area contributed by atoms with Crippen molar-refractivity contribution in [2.45, 2.75) is 84.0 Å². The Morgan fingerprint density at radius 3 is 2.33 bits per heavy atom. The van der Waals surface area contributed by atoms with E-state index in [4.69, 9.17) is 10.5 Å². The molecule has 0 aromatic carbocycles. The molecule has 0 radical (unpaired) electrons. The number of amides is 1. The van der Waals surface area contributed by atoms with E-state index >= 15 is 0 Å². The maximum absolute atomic E-state index is 12.5. The van der Waals surface area contributed by atoms with E-state index in [1.807, 2.05) is 0 Å². The van der Waals surface area contributed by atoms with Crippen LogP contribution in [0.4, 0.5) is 0 Å². The quantitative estimate of drug-likeness (QED) is 0.779. The molecule has 1 heterocycles. The summed E-state index contributed by atoms with van der Waals surface area (Å²) in [6.07, 6.45) is 6.95. The van der Waals surface area contributed by atoms with E-state index in [0.717, 1.165) is 25.9 Å². The molecule has 1 saturated carbocycles. The highest BCUT2D eigenvalue weighted by atomic mass is 16.5. The van der Waals surface area contributed by atoms with Gasteiger partial charge in [-0.1, -0.05) is 19.3 Å². The highest BCUT2D eigenvalue weighted by Crippen LogP contribution is 2.38. The lowest BCUT2D eigenvalue weighted by atomic mass is 9.71. The summed E-state index contributed by atoms with van der Waals surface area (Å²) >= 11 is 0. The molecule has 2 atom stereocenters. The van der Waals surface area contributed by atoms with Gasteiger partial charge in [0.15, 0.2) is 0 Å². The van der Waals surface area contributed by atoms with Crippen LogP contribution in [0.15, 0.2) is 0 Å². The number of nitrogens with one attached hydrogen (secondary N) is 1. The lowest BCUT2D eigenvalue weighted by Gasteiger charge is -2.45. The Bertz CT molecular complexity index is 409. The van der Waals surface area contributed by atoms with Crippen molar-refractivity contribution in [3.05, 3.63) is 0 Å². The fraction of sp³-hybridized carbons (Fsp3) is 0.947. The van der Waals surface area contributed by atoms with E-state index in [1.165, 1.54) is 19.3 Å². The summed E-state index contributed by atoms with van der Waals surface area (Å²) in [4.78, 5) is 15.0. The Balaban J connectivity index is 1.85. The molecule has 1 amide bonds. The van der Waals surface area contributed by atoms with Crippen LogP contribution in [0.1, 0.15) is 66.2 Å². The first-order valence-corrected chi connectivity index (χ1v) is 9.64. The zero-order valence-corrected chi connectivity index (χ0v) is 16.1. The van der Waals surface area contributed by atoms with Crippen LogP contribution >= 0.6 is 0 Å². The Hall–Kier alpha value is -0.650. The van der Waals surface area contributed by atoms with Gasteiger partial charge in [0.25, 0.3) is 0 Å². The maximum atomic E-state index is 12.5. The molecule has 140 valence electrons. The minimum atomic E-state index is -0.0651. The molecule has 0 aromatic heterocycles. The maximum Gasteiger partial charge on any atom is 0.220 e. The van der Waals surface area contributed by atoms with Gasteiger partial charge in [-0.2, -0.15) is 0 Å². The molecule has 1 aliphatic carbocycles. The Labute approximate surface area is 147 Å². The summed E-state index contributed by atoms with van der Waals surface area (Å²) in [7, 11) is 0. The zero-order chi connectivity index (χ0) is 17.8. The Morgan fingerprint density at radius 1 is 1.21 bits per heavy atom. The van der Waals surface area contributed by atoms with Gasteiger partial charge in [-0.25, -0.2) is 0 Å². The van der Waals surface area contributed by atoms with Gasteiger partial charge in [0.1, 0.15) is 0 Å². The summed E-state index contributed by atoms with van der Waals surface area (Å²) < 4.78 is 5.82. The molecule has 5 nitrogen and oxygen atoms in total. The number of morpholine rings is 1. The average Bonchev–Trinajstić information content (AvgIpc) is 2.53. The number of hydrogen-bond donors (Lipinski definition) is 2. The molecule has 1 saturated heterocycles. The van der Waals surface area contributed by atoms with Crippen molar-refractivity contribution in [3.8, 4) is 0 Å². The summed E-state index contributed by atoms with van der Waals surface area (Å²) in [6, 6.07) is 0. The third-order valence-corrected chi connectivity index (χ3v) is 5.88. The molecule has 2 aliphatic rings. The van der Waals surface area contributed by atoms with Gasteiger partial charge >= 0.3 is 0 Å². The summed E-state index contributed by atoms with van der Waals surface area (Å²) in [5.41, 5.74) is 5.98. The molecule has 24 heavy (non-hydrogen) atoms. The van der Waals surface area contributed by atoms with Gasteiger partial charge in [-0.05, 0) is 52.5 Å². The predicted octanol–water partition coefficient (Wildman–Crippen LogP) is 2.29. The summed E-state index contributed by atoms with van der Waals surface area (Å²) in [5, 5.41) is 3.18.